The van der Waals surface area contributed by atoms with Crippen LogP contribution in [-0.4, -0.2) is 42.0 Å². The van der Waals surface area contributed by atoms with E-state index in [1.807, 2.05) is 12.1 Å². The molecule has 0 unspecified atom stereocenters. The molecule has 23 heavy (non-hydrogen) atoms. The normalized spacial score (nSPS) is 24.5. The number of carbonyl (C=O) groups is 1. The van der Waals surface area contributed by atoms with Gasteiger partial charge >= 0.3 is 6.09 Å². The van der Waals surface area contributed by atoms with Crippen molar-refractivity contribution in [3.05, 3.63) is 54.3 Å². The van der Waals surface area contributed by atoms with Gasteiger partial charge in [0.15, 0.2) is 0 Å². The number of nitrogens with zero attached hydrogens (tertiary/aromatic N) is 1. The van der Waals surface area contributed by atoms with Gasteiger partial charge in [0.05, 0.1) is 6.54 Å². The van der Waals surface area contributed by atoms with Crippen molar-refractivity contribution < 1.29 is 17.9 Å². The van der Waals surface area contributed by atoms with Crippen molar-refractivity contribution in [2.24, 2.45) is 0 Å². The van der Waals surface area contributed by atoms with E-state index in [0.29, 0.717) is 30.2 Å². The summed E-state index contributed by atoms with van der Waals surface area (Å²) in [6.45, 7) is 0.368. The van der Waals surface area contributed by atoms with Gasteiger partial charge in [-0.05, 0) is 30.2 Å². The van der Waals surface area contributed by atoms with Crippen LogP contribution in [0, 0.1) is 0 Å². The predicted octanol–water partition coefficient (Wildman–Crippen LogP) is 2.17. The maximum Gasteiger partial charge on any atom is 0.419 e. The van der Waals surface area contributed by atoms with Crippen molar-refractivity contribution in [2.45, 2.75) is 11.0 Å². The minimum atomic E-state index is -1.05. The number of hydrogen-bond acceptors (Lipinski definition) is 4. The molecule has 1 aromatic rings. The number of benzene rings is 1. The quantitative estimate of drug-likeness (QED) is 0.837. The molecule has 0 saturated carbocycles. The van der Waals surface area contributed by atoms with Gasteiger partial charge in [0.1, 0.15) is 10.3 Å². The Bertz CT molecular complexity index is 683. The summed E-state index contributed by atoms with van der Waals surface area (Å²) in [5, 5.41) is 0. The molecule has 2 atom stereocenters. The van der Waals surface area contributed by atoms with Gasteiger partial charge in [0.2, 0.25) is 0 Å². The minimum Gasteiger partial charge on any atom is -0.410 e. The summed E-state index contributed by atoms with van der Waals surface area (Å²) in [5.41, 5.74) is 0.936. The Hall–Kier alpha value is -1.73. The van der Waals surface area contributed by atoms with Crippen LogP contribution < -0.4 is 4.74 Å². The third-order valence-electron chi connectivity index (χ3n) is 3.66. The van der Waals surface area contributed by atoms with Crippen LogP contribution in [0.15, 0.2) is 54.3 Å². The summed E-state index contributed by atoms with van der Waals surface area (Å²) >= 11 is 0. The van der Waals surface area contributed by atoms with Gasteiger partial charge in [-0.3, -0.25) is 13.3 Å². The summed E-state index contributed by atoms with van der Waals surface area (Å²) in [5.74, 6) is 1.49. The van der Waals surface area contributed by atoms with Crippen molar-refractivity contribution in [3.63, 3.8) is 0 Å². The maximum absolute atomic E-state index is 12.2. The van der Waals surface area contributed by atoms with Crippen molar-refractivity contribution in [3.8, 4) is 5.75 Å². The highest BCUT2D eigenvalue weighted by molar-refractivity contribution is 8.06. The summed E-state index contributed by atoms with van der Waals surface area (Å²) in [4.78, 5) is 13.6. The van der Waals surface area contributed by atoms with Crippen molar-refractivity contribution >= 4 is 27.7 Å². The molecule has 0 radical (unpaired) electrons. The molecule has 0 N–H and O–H groups in total. The smallest absolute Gasteiger partial charge is 0.410 e. The third-order valence-corrected chi connectivity index (χ3v) is 7.92. The molecule has 3 rings (SSSR count). The Morgan fingerprint density at radius 3 is 2.57 bits per heavy atom. The van der Waals surface area contributed by atoms with Gasteiger partial charge in [-0.25, -0.2) is 4.79 Å². The van der Waals surface area contributed by atoms with E-state index >= 15 is 0 Å². The first-order valence-corrected chi connectivity index (χ1v) is 10.0. The van der Waals surface area contributed by atoms with Crippen LogP contribution >= 0.6 is 0 Å². The molecule has 0 aliphatic carbocycles. The fraction of sp³-hybridized carbons (Fsp3) is 0.312. The zero-order valence-electron chi connectivity index (χ0n) is 12.4. The first-order chi connectivity index (χ1) is 11.1. The number of ether oxygens (including phenoxy) is 1. The number of rotatable bonds is 3. The summed E-state index contributed by atoms with van der Waals surface area (Å²) < 4.78 is 28.7. The Morgan fingerprint density at radius 1 is 1.17 bits per heavy atom. The van der Waals surface area contributed by atoms with Gasteiger partial charge in [0, 0.05) is 39.3 Å². The summed E-state index contributed by atoms with van der Waals surface area (Å²) in [6, 6.07) is 8.87. The molecule has 5 nitrogen and oxygen atoms in total. The molecule has 1 saturated heterocycles. The Balaban J connectivity index is 1.61. The van der Waals surface area contributed by atoms with Crippen LogP contribution in [0.25, 0.3) is 0 Å². The largest absolute Gasteiger partial charge is 0.419 e. The van der Waals surface area contributed by atoms with Gasteiger partial charge in [-0.2, -0.15) is 0 Å². The van der Waals surface area contributed by atoms with Crippen LogP contribution in [0.1, 0.15) is 6.42 Å². The zero-order chi connectivity index (χ0) is 16.2. The number of hydrogen-bond donors (Lipinski definition) is 0. The topological polar surface area (TPSA) is 63.7 Å². The summed E-state index contributed by atoms with van der Waals surface area (Å²) in [7, 11) is -2.09. The molecule has 0 aromatic heterocycles. The van der Waals surface area contributed by atoms with E-state index < -0.39 is 27.7 Å². The molecular weight excluding hydrogens is 334 g/mol. The lowest BCUT2D eigenvalue weighted by Gasteiger charge is -2.23. The third kappa shape index (κ3) is 3.97. The first kappa shape index (κ1) is 16.1. The second-order valence-electron chi connectivity index (χ2n) is 5.28. The first-order valence-electron chi connectivity index (χ1n) is 7.27. The van der Waals surface area contributed by atoms with Gasteiger partial charge in [-0.15, -0.1) is 0 Å². The SMILES string of the molecule is O=C(Oc1ccccc1)N1C=CC=C(CC2[S@](=O)CC[S@]2=O)C1. The molecule has 0 bridgehead atoms. The second-order valence-corrected chi connectivity index (χ2v) is 9.05. The van der Waals surface area contributed by atoms with E-state index in [4.69, 9.17) is 4.74 Å². The van der Waals surface area contributed by atoms with Crippen LogP contribution in [0.4, 0.5) is 4.79 Å². The highest BCUT2D eigenvalue weighted by Gasteiger charge is 2.32. The Labute approximate surface area is 139 Å². The molecule has 7 heteroatoms. The molecule has 1 amide bonds. The highest BCUT2D eigenvalue weighted by atomic mass is 32.3. The molecule has 1 aromatic carbocycles. The van der Waals surface area contributed by atoms with E-state index in [2.05, 4.69) is 0 Å². The lowest BCUT2D eigenvalue weighted by atomic mass is 10.1. The van der Waals surface area contributed by atoms with Crippen LogP contribution in [0.2, 0.25) is 0 Å². The average molecular weight is 351 g/mol. The number of carbonyl (C=O) groups excluding carboxylic acids is 1. The molecule has 1 fully saturated rings. The highest BCUT2D eigenvalue weighted by Crippen LogP contribution is 2.23. The molecule has 2 heterocycles. The van der Waals surface area contributed by atoms with E-state index in [0.717, 1.165) is 5.57 Å². The van der Waals surface area contributed by atoms with Gasteiger partial charge in [0.25, 0.3) is 0 Å². The van der Waals surface area contributed by atoms with E-state index in [-0.39, 0.29) is 4.58 Å². The predicted molar refractivity (Wildman–Crippen MR) is 90.8 cm³/mol. The maximum atomic E-state index is 12.2. The summed E-state index contributed by atoms with van der Waals surface area (Å²) in [6.07, 6.45) is 5.31. The minimum absolute atomic E-state index is 0.320. The van der Waals surface area contributed by atoms with Crippen LogP contribution in [0.3, 0.4) is 0 Å². The molecule has 122 valence electrons. The second kappa shape index (κ2) is 7.23. The standard InChI is InChI=1S/C16H17NO4S2/c18-16(21-14-6-2-1-3-7-14)17-8-4-5-13(12-17)11-15-22(19)9-10-23(15)20/h1-8,15H,9-12H2/t22-,23-/m1/s1. The lowest BCUT2D eigenvalue weighted by molar-refractivity contribution is 0.172. The Morgan fingerprint density at radius 2 is 1.87 bits per heavy atom. The fourth-order valence-electron chi connectivity index (χ4n) is 2.46. The molecular formula is C16H17NO4S2. The van der Waals surface area contributed by atoms with E-state index in [1.165, 1.54) is 4.90 Å². The van der Waals surface area contributed by atoms with Crippen molar-refractivity contribution in [1.82, 2.24) is 4.90 Å². The number of para-hydroxylation sites is 1. The van der Waals surface area contributed by atoms with Gasteiger partial charge < -0.3 is 4.74 Å². The zero-order valence-corrected chi connectivity index (χ0v) is 14.1. The number of allylic oxidation sites excluding steroid dienone is 2. The van der Waals surface area contributed by atoms with Crippen molar-refractivity contribution in [1.29, 1.82) is 0 Å². The monoisotopic (exact) mass is 351 g/mol. The van der Waals surface area contributed by atoms with Crippen molar-refractivity contribution in [2.75, 3.05) is 18.1 Å². The lowest BCUT2D eigenvalue weighted by Crippen LogP contribution is -2.32. The van der Waals surface area contributed by atoms with E-state index in [1.54, 1.807) is 36.5 Å². The average Bonchev–Trinajstić information content (AvgIpc) is 2.88. The van der Waals surface area contributed by atoms with Crippen LogP contribution in [-0.2, 0) is 21.6 Å². The fourth-order valence-corrected chi connectivity index (χ4v) is 6.63. The van der Waals surface area contributed by atoms with Gasteiger partial charge in [-0.1, -0.05) is 24.3 Å². The number of amides is 1. The van der Waals surface area contributed by atoms with Crippen LogP contribution in [0.5, 0.6) is 5.75 Å². The Kier molecular flexibility index (Phi) is 5.07. The van der Waals surface area contributed by atoms with E-state index in [9.17, 15) is 13.2 Å². The molecule has 2 aliphatic rings. The molecule has 2 aliphatic heterocycles. The molecule has 0 spiro atoms.